The highest BCUT2D eigenvalue weighted by Gasteiger charge is 2.15. The Morgan fingerprint density at radius 1 is 1.47 bits per heavy atom. The van der Waals surface area contributed by atoms with E-state index in [2.05, 4.69) is 10.2 Å². The molecule has 0 aliphatic rings. The maximum atomic E-state index is 11.4. The summed E-state index contributed by atoms with van der Waals surface area (Å²) < 4.78 is 0.994. The largest absolute Gasteiger partial charge is 0.478 e. The van der Waals surface area contributed by atoms with E-state index in [-0.39, 0.29) is 17.1 Å². The number of nitrogens with one attached hydrogen (secondary N) is 2. The van der Waals surface area contributed by atoms with E-state index in [1.807, 2.05) is 10.1 Å². The van der Waals surface area contributed by atoms with Gasteiger partial charge < -0.3 is 5.11 Å². The zero-order chi connectivity index (χ0) is 12.6. The van der Waals surface area contributed by atoms with Crippen LogP contribution < -0.4 is 11.2 Å². The average molecular weight is 237 g/mol. The minimum absolute atomic E-state index is 0.0441. The molecule has 88 valence electrons. The summed E-state index contributed by atoms with van der Waals surface area (Å²) >= 11 is 0. The van der Waals surface area contributed by atoms with Gasteiger partial charge in [-0.25, -0.2) is 19.4 Å². The Bertz CT molecular complexity index is 694. The van der Waals surface area contributed by atoms with Crippen LogP contribution in [0, 0.1) is 6.92 Å². The number of nitrogens with zero attached hydrogens (tertiary/aromatic N) is 3. The second-order valence-corrected chi connectivity index (χ2v) is 3.21. The maximum Gasteiger partial charge on any atom is 0.342 e. The van der Waals surface area contributed by atoms with Crippen molar-refractivity contribution in [2.75, 3.05) is 0 Å². The molecule has 0 aromatic carbocycles. The number of H-pyrrole nitrogens is 2. The van der Waals surface area contributed by atoms with Crippen molar-refractivity contribution in [3.05, 3.63) is 38.3 Å². The summed E-state index contributed by atoms with van der Waals surface area (Å²) in [5, 5.41) is 18.2. The number of hydrogen-bond donors (Lipinski definition) is 3. The number of carboxylic acid groups (broad SMARTS) is 1. The molecule has 2 heterocycles. The van der Waals surface area contributed by atoms with Gasteiger partial charge in [-0.2, -0.15) is 5.10 Å². The number of aromatic amines is 2. The lowest BCUT2D eigenvalue weighted by atomic mass is 10.3. The normalized spacial score (nSPS) is 10.4. The molecule has 0 unspecified atom stereocenters. The summed E-state index contributed by atoms with van der Waals surface area (Å²) in [6.07, 6.45) is 1.15. The second kappa shape index (κ2) is 3.70. The molecule has 0 radical (unpaired) electrons. The fourth-order valence-corrected chi connectivity index (χ4v) is 1.28. The molecule has 0 bridgehead atoms. The fourth-order valence-electron chi connectivity index (χ4n) is 1.28. The molecule has 3 N–H and O–H groups in total. The molecule has 2 rings (SSSR count). The number of hydrogen-bond acceptors (Lipinski definition) is 5. The third-order valence-corrected chi connectivity index (χ3v) is 2.04. The molecule has 0 aliphatic carbocycles. The van der Waals surface area contributed by atoms with Gasteiger partial charge in [0, 0.05) is 6.20 Å². The molecule has 2 aromatic heterocycles. The SMILES string of the molecule is Cc1nn(-c2n[nH]c(=O)[nH]c2=O)cc1C(=O)O. The topological polar surface area (TPSA) is 134 Å². The molecule has 9 heteroatoms. The van der Waals surface area contributed by atoms with E-state index in [1.165, 1.54) is 6.92 Å². The fraction of sp³-hybridized carbons (Fsp3) is 0.125. The van der Waals surface area contributed by atoms with E-state index in [1.54, 1.807) is 0 Å². The Hall–Kier alpha value is -2.71. The summed E-state index contributed by atoms with van der Waals surface area (Å²) in [6, 6.07) is 0. The van der Waals surface area contributed by atoms with Crippen LogP contribution >= 0.6 is 0 Å². The molecule has 0 saturated heterocycles. The maximum absolute atomic E-state index is 11.4. The lowest BCUT2D eigenvalue weighted by molar-refractivity contribution is 0.0696. The predicted octanol–water partition coefficient (Wildman–Crippen LogP) is -1.35. The van der Waals surface area contributed by atoms with E-state index in [9.17, 15) is 14.4 Å². The van der Waals surface area contributed by atoms with Gasteiger partial charge in [-0.3, -0.25) is 9.78 Å². The molecule has 17 heavy (non-hydrogen) atoms. The van der Waals surface area contributed by atoms with E-state index in [0.717, 1.165) is 10.9 Å². The Morgan fingerprint density at radius 3 is 2.71 bits per heavy atom. The van der Waals surface area contributed by atoms with Crippen LogP contribution in [0.3, 0.4) is 0 Å². The van der Waals surface area contributed by atoms with Crippen molar-refractivity contribution < 1.29 is 9.90 Å². The zero-order valence-electron chi connectivity index (χ0n) is 8.59. The van der Waals surface area contributed by atoms with Gasteiger partial charge in [0.1, 0.15) is 5.56 Å². The zero-order valence-corrected chi connectivity index (χ0v) is 8.59. The van der Waals surface area contributed by atoms with Crippen molar-refractivity contribution in [1.29, 1.82) is 0 Å². The Kier molecular flexibility index (Phi) is 2.35. The standard InChI is InChI=1S/C8H7N5O4/c1-3-4(7(15)16)2-13(12-3)5-6(14)9-8(17)11-10-5/h2H,1H3,(H,15,16)(H2,9,11,14,17). The van der Waals surface area contributed by atoms with E-state index in [4.69, 9.17) is 5.11 Å². The molecule has 0 amide bonds. The molecule has 2 aromatic rings. The Balaban J connectivity index is 2.61. The van der Waals surface area contributed by atoms with Crippen LogP contribution in [0.25, 0.3) is 5.82 Å². The number of aryl methyl sites for hydroxylation is 1. The Labute approximate surface area is 92.7 Å². The number of aromatic carboxylic acids is 1. The highest BCUT2D eigenvalue weighted by atomic mass is 16.4. The van der Waals surface area contributed by atoms with Crippen LogP contribution in [0.2, 0.25) is 0 Å². The van der Waals surface area contributed by atoms with Crippen LogP contribution in [0.1, 0.15) is 16.1 Å². The highest BCUT2D eigenvalue weighted by molar-refractivity contribution is 5.88. The smallest absolute Gasteiger partial charge is 0.342 e. The summed E-state index contributed by atoms with van der Waals surface area (Å²) in [6.45, 7) is 1.49. The molecule has 0 aliphatic heterocycles. The number of rotatable bonds is 2. The van der Waals surface area contributed by atoms with Gasteiger partial charge >= 0.3 is 11.7 Å². The van der Waals surface area contributed by atoms with Crippen molar-refractivity contribution >= 4 is 5.97 Å². The van der Waals surface area contributed by atoms with Gasteiger partial charge in [0.15, 0.2) is 0 Å². The van der Waals surface area contributed by atoms with Crippen molar-refractivity contribution in [2.45, 2.75) is 6.92 Å². The molecular formula is C8H7N5O4. The van der Waals surface area contributed by atoms with E-state index < -0.39 is 17.2 Å². The highest BCUT2D eigenvalue weighted by Crippen LogP contribution is 2.06. The first kappa shape index (κ1) is 10.8. The molecule has 0 atom stereocenters. The molecular weight excluding hydrogens is 230 g/mol. The predicted molar refractivity (Wildman–Crippen MR) is 54.3 cm³/mol. The summed E-state index contributed by atoms with van der Waals surface area (Å²) in [5.41, 5.74) is -1.31. The first-order valence-electron chi connectivity index (χ1n) is 4.48. The van der Waals surface area contributed by atoms with Crippen LogP contribution in [-0.4, -0.2) is 36.0 Å². The quantitative estimate of drug-likeness (QED) is 0.591. The van der Waals surface area contributed by atoms with Crippen LogP contribution in [0.15, 0.2) is 15.8 Å². The lowest BCUT2D eigenvalue weighted by Gasteiger charge is -1.95. The van der Waals surface area contributed by atoms with Gasteiger partial charge in [0.25, 0.3) is 5.56 Å². The van der Waals surface area contributed by atoms with Crippen LogP contribution in [0.4, 0.5) is 0 Å². The third-order valence-electron chi connectivity index (χ3n) is 2.04. The van der Waals surface area contributed by atoms with Crippen molar-refractivity contribution in [2.24, 2.45) is 0 Å². The lowest BCUT2D eigenvalue weighted by Crippen LogP contribution is -2.28. The van der Waals surface area contributed by atoms with Crippen molar-refractivity contribution in [3.8, 4) is 5.82 Å². The summed E-state index contributed by atoms with van der Waals surface area (Å²) in [4.78, 5) is 34.9. The third kappa shape index (κ3) is 1.85. The van der Waals surface area contributed by atoms with Crippen LogP contribution in [0.5, 0.6) is 0 Å². The van der Waals surface area contributed by atoms with Gasteiger partial charge in [0.05, 0.1) is 5.69 Å². The van der Waals surface area contributed by atoms with Gasteiger partial charge in [-0.05, 0) is 6.92 Å². The number of aromatic nitrogens is 5. The first-order chi connectivity index (χ1) is 7.99. The summed E-state index contributed by atoms with van der Waals surface area (Å²) in [5.74, 6) is -1.37. The molecule has 9 nitrogen and oxygen atoms in total. The van der Waals surface area contributed by atoms with Crippen LogP contribution in [-0.2, 0) is 0 Å². The van der Waals surface area contributed by atoms with E-state index in [0.29, 0.717) is 0 Å². The van der Waals surface area contributed by atoms with Gasteiger partial charge in [-0.1, -0.05) is 0 Å². The molecule has 0 spiro atoms. The first-order valence-corrected chi connectivity index (χ1v) is 4.48. The number of carboxylic acids is 1. The minimum Gasteiger partial charge on any atom is -0.478 e. The monoisotopic (exact) mass is 237 g/mol. The minimum atomic E-state index is -1.16. The van der Waals surface area contributed by atoms with Crippen molar-refractivity contribution in [3.63, 3.8) is 0 Å². The van der Waals surface area contributed by atoms with E-state index >= 15 is 0 Å². The second-order valence-electron chi connectivity index (χ2n) is 3.21. The molecule has 0 fully saturated rings. The van der Waals surface area contributed by atoms with Crippen molar-refractivity contribution in [1.82, 2.24) is 25.0 Å². The van der Waals surface area contributed by atoms with Gasteiger partial charge in [-0.15, -0.1) is 5.10 Å². The number of carbonyl (C=O) groups is 1. The average Bonchev–Trinajstić information content (AvgIpc) is 2.60. The van der Waals surface area contributed by atoms with Gasteiger partial charge in [0.2, 0.25) is 5.82 Å². The molecule has 0 saturated carbocycles. The summed E-state index contributed by atoms with van der Waals surface area (Å²) in [7, 11) is 0. The Morgan fingerprint density at radius 2 is 2.18 bits per heavy atom.